The molecule has 1 heterocycles. The third kappa shape index (κ3) is 1.80. The first-order chi connectivity index (χ1) is 9.20. The molecule has 0 radical (unpaired) electrons. The second kappa shape index (κ2) is 4.09. The second-order valence-electron chi connectivity index (χ2n) is 6.85. The molecule has 5 rings (SSSR count). The molecule has 4 aliphatic rings. The lowest BCUT2D eigenvalue weighted by Crippen LogP contribution is -2.55. The van der Waals surface area contributed by atoms with Crippen molar-refractivity contribution in [2.24, 2.45) is 23.7 Å². The first kappa shape index (κ1) is 11.5. The molecule has 4 nitrogen and oxygen atoms in total. The van der Waals surface area contributed by atoms with E-state index < -0.39 is 0 Å². The maximum absolute atomic E-state index is 5.68. The zero-order valence-corrected chi connectivity index (χ0v) is 11.5. The molecule has 1 aromatic rings. The van der Waals surface area contributed by atoms with Gasteiger partial charge < -0.3 is 10.6 Å². The van der Waals surface area contributed by atoms with Gasteiger partial charge in [-0.1, -0.05) is 0 Å². The summed E-state index contributed by atoms with van der Waals surface area (Å²) in [6, 6.07) is 0.649. The van der Waals surface area contributed by atoms with Gasteiger partial charge in [0.05, 0.1) is 18.1 Å². The van der Waals surface area contributed by atoms with Gasteiger partial charge >= 0.3 is 0 Å². The molecule has 0 amide bonds. The highest BCUT2D eigenvalue weighted by Crippen LogP contribution is 2.55. The lowest BCUT2D eigenvalue weighted by atomic mass is 9.54. The summed E-state index contributed by atoms with van der Waals surface area (Å²) in [5.74, 6) is 4.59. The second-order valence-corrected chi connectivity index (χ2v) is 6.85. The number of nitrogens with two attached hydrogens (primary N) is 1. The van der Waals surface area contributed by atoms with E-state index in [-0.39, 0.29) is 0 Å². The van der Waals surface area contributed by atoms with Gasteiger partial charge in [0.1, 0.15) is 0 Å². The molecule has 0 aromatic carbocycles. The van der Waals surface area contributed by atoms with Crippen LogP contribution in [0.5, 0.6) is 0 Å². The first-order valence-electron chi connectivity index (χ1n) is 7.51. The van der Waals surface area contributed by atoms with E-state index in [0.29, 0.717) is 11.7 Å². The largest absolute Gasteiger partial charge is 0.396 e. The van der Waals surface area contributed by atoms with Gasteiger partial charge in [-0.3, -0.25) is 0 Å². The maximum Gasteiger partial charge on any atom is 0.225 e. The normalized spacial score (nSPS) is 39.5. The van der Waals surface area contributed by atoms with E-state index >= 15 is 0 Å². The van der Waals surface area contributed by atoms with Crippen molar-refractivity contribution in [2.45, 2.75) is 38.1 Å². The standard InChI is InChI=1S/C15H22N4/c1-19(15-17-7-13(16)8-18-15)14-11-3-9-2-10(5-11)6-12(14)4-9/h7-12,14H,2-6,16H2,1H3. The minimum Gasteiger partial charge on any atom is -0.396 e. The van der Waals surface area contributed by atoms with Crippen molar-refractivity contribution >= 4 is 11.6 Å². The van der Waals surface area contributed by atoms with Crippen LogP contribution in [0.1, 0.15) is 32.1 Å². The quantitative estimate of drug-likeness (QED) is 0.884. The molecule has 0 unspecified atom stereocenters. The Balaban J connectivity index is 1.60. The number of nitrogens with zero attached hydrogens (tertiary/aromatic N) is 3. The maximum atomic E-state index is 5.68. The van der Waals surface area contributed by atoms with Crippen LogP contribution in [0.25, 0.3) is 0 Å². The Labute approximate surface area is 114 Å². The van der Waals surface area contributed by atoms with Crippen molar-refractivity contribution in [1.29, 1.82) is 0 Å². The number of rotatable bonds is 2. The van der Waals surface area contributed by atoms with Crippen molar-refractivity contribution in [3.05, 3.63) is 12.4 Å². The Kier molecular flexibility index (Phi) is 2.47. The Morgan fingerprint density at radius 2 is 1.53 bits per heavy atom. The van der Waals surface area contributed by atoms with Gasteiger partial charge in [-0.15, -0.1) is 0 Å². The third-order valence-corrected chi connectivity index (χ3v) is 5.60. The molecule has 4 fully saturated rings. The van der Waals surface area contributed by atoms with Crippen LogP contribution in [-0.2, 0) is 0 Å². The summed E-state index contributed by atoms with van der Waals surface area (Å²) in [4.78, 5) is 11.1. The van der Waals surface area contributed by atoms with Crippen LogP contribution in [0.4, 0.5) is 11.6 Å². The minimum atomic E-state index is 0.641. The van der Waals surface area contributed by atoms with E-state index in [1.165, 1.54) is 32.1 Å². The van der Waals surface area contributed by atoms with Gasteiger partial charge in [0, 0.05) is 13.1 Å². The molecule has 102 valence electrons. The Hall–Kier alpha value is -1.32. The van der Waals surface area contributed by atoms with Gasteiger partial charge in [-0.25, -0.2) is 9.97 Å². The summed E-state index contributed by atoms with van der Waals surface area (Å²) in [6.45, 7) is 0. The Bertz CT molecular complexity index is 442. The van der Waals surface area contributed by atoms with Crippen molar-refractivity contribution < 1.29 is 0 Å². The lowest BCUT2D eigenvalue weighted by Gasteiger charge is -2.56. The predicted molar refractivity (Wildman–Crippen MR) is 75.7 cm³/mol. The average molecular weight is 258 g/mol. The molecule has 0 spiro atoms. The lowest BCUT2D eigenvalue weighted by molar-refractivity contribution is -0.00164. The predicted octanol–water partition coefficient (Wildman–Crippen LogP) is 2.32. The van der Waals surface area contributed by atoms with Crippen molar-refractivity contribution in [2.75, 3.05) is 17.7 Å². The van der Waals surface area contributed by atoms with Crippen LogP contribution in [0.3, 0.4) is 0 Å². The fourth-order valence-electron chi connectivity index (χ4n) is 5.18. The van der Waals surface area contributed by atoms with E-state index in [9.17, 15) is 0 Å². The molecule has 4 aliphatic carbocycles. The van der Waals surface area contributed by atoms with Crippen LogP contribution in [0.15, 0.2) is 12.4 Å². The summed E-state index contributed by atoms with van der Waals surface area (Å²) in [7, 11) is 2.17. The van der Waals surface area contributed by atoms with Gasteiger partial charge in [0.2, 0.25) is 5.95 Å². The Morgan fingerprint density at radius 3 is 2.05 bits per heavy atom. The summed E-state index contributed by atoms with van der Waals surface area (Å²) in [5.41, 5.74) is 6.32. The average Bonchev–Trinajstić information content (AvgIpc) is 2.38. The van der Waals surface area contributed by atoms with Crippen molar-refractivity contribution in [3.63, 3.8) is 0 Å². The number of anilines is 2. The molecule has 1 aromatic heterocycles. The molecule has 0 aliphatic heterocycles. The molecule has 4 heteroatoms. The molecule has 0 saturated heterocycles. The zero-order valence-electron chi connectivity index (χ0n) is 11.5. The van der Waals surface area contributed by atoms with Crippen LogP contribution < -0.4 is 10.6 Å². The van der Waals surface area contributed by atoms with Gasteiger partial charge in [-0.05, 0) is 55.8 Å². The molecule has 19 heavy (non-hydrogen) atoms. The zero-order chi connectivity index (χ0) is 13.0. The monoisotopic (exact) mass is 258 g/mol. The topological polar surface area (TPSA) is 55.0 Å². The third-order valence-electron chi connectivity index (χ3n) is 5.60. The minimum absolute atomic E-state index is 0.641. The number of hydrogen-bond acceptors (Lipinski definition) is 4. The van der Waals surface area contributed by atoms with Crippen LogP contribution >= 0.6 is 0 Å². The molecule has 4 saturated carbocycles. The number of nitrogen functional groups attached to an aromatic ring is 1. The van der Waals surface area contributed by atoms with E-state index in [4.69, 9.17) is 5.73 Å². The van der Waals surface area contributed by atoms with Gasteiger partial charge in [0.25, 0.3) is 0 Å². The summed E-state index contributed by atoms with van der Waals surface area (Å²) in [6.07, 6.45) is 10.6. The number of aromatic nitrogens is 2. The molecular weight excluding hydrogens is 236 g/mol. The van der Waals surface area contributed by atoms with Crippen LogP contribution in [-0.4, -0.2) is 23.1 Å². The molecule has 0 atom stereocenters. The summed E-state index contributed by atoms with van der Waals surface area (Å²) >= 11 is 0. The van der Waals surface area contributed by atoms with Gasteiger partial charge in [-0.2, -0.15) is 0 Å². The smallest absolute Gasteiger partial charge is 0.225 e. The Morgan fingerprint density at radius 1 is 1.00 bits per heavy atom. The van der Waals surface area contributed by atoms with E-state index in [0.717, 1.165) is 29.6 Å². The highest BCUT2D eigenvalue weighted by Gasteiger charge is 2.49. The number of hydrogen-bond donors (Lipinski definition) is 1. The van der Waals surface area contributed by atoms with E-state index in [1.807, 2.05) is 0 Å². The van der Waals surface area contributed by atoms with Gasteiger partial charge in [0.15, 0.2) is 0 Å². The fourth-order valence-corrected chi connectivity index (χ4v) is 5.18. The highest BCUT2D eigenvalue weighted by molar-refractivity contribution is 5.38. The summed E-state index contributed by atoms with van der Waals surface area (Å²) < 4.78 is 0. The van der Waals surface area contributed by atoms with Crippen molar-refractivity contribution in [3.8, 4) is 0 Å². The van der Waals surface area contributed by atoms with Crippen molar-refractivity contribution in [1.82, 2.24) is 9.97 Å². The first-order valence-corrected chi connectivity index (χ1v) is 7.51. The molecule has 4 bridgehead atoms. The molecule has 2 N–H and O–H groups in total. The van der Waals surface area contributed by atoms with Crippen LogP contribution in [0, 0.1) is 23.7 Å². The molecular formula is C15H22N4. The fraction of sp³-hybridized carbons (Fsp3) is 0.733. The van der Waals surface area contributed by atoms with E-state index in [1.54, 1.807) is 12.4 Å². The highest BCUT2D eigenvalue weighted by atomic mass is 15.3. The van der Waals surface area contributed by atoms with Crippen LogP contribution in [0.2, 0.25) is 0 Å². The van der Waals surface area contributed by atoms with E-state index in [2.05, 4.69) is 21.9 Å². The summed E-state index contributed by atoms with van der Waals surface area (Å²) in [5, 5.41) is 0. The SMILES string of the molecule is CN(c1ncc(N)cn1)C1C2CC3CC(C2)CC1C3.